The molecule has 0 saturated carbocycles. The summed E-state index contributed by atoms with van der Waals surface area (Å²) < 4.78 is 16.9. The summed E-state index contributed by atoms with van der Waals surface area (Å²) in [6, 6.07) is 11.6. The number of hydrogen-bond donors (Lipinski definition) is 1. The van der Waals surface area contributed by atoms with Crippen LogP contribution in [0.25, 0.3) is 0 Å². The van der Waals surface area contributed by atoms with Crippen LogP contribution in [-0.2, 0) is 11.2 Å². The standard InChI is InChI=1S/C22H28O5/c1-15(2)19-8-7-18(13-16(19)3)26-11-12-27-21-14-17(6-10-22(23)24)5-9-20(21)25-4/h5,7-9,13-15H,6,10-12H2,1-4H3,(H,23,24). The van der Waals surface area contributed by atoms with Crippen molar-refractivity contribution in [1.29, 1.82) is 0 Å². The molecule has 0 amide bonds. The molecule has 0 radical (unpaired) electrons. The van der Waals surface area contributed by atoms with Crippen LogP contribution in [-0.4, -0.2) is 31.4 Å². The van der Waals surface area contributed by atoms with E-state index < -0.39 is 5.97 Å². The molecular formula is C22H28O5. The molecule has 2 aromatic carbocycles. The Morgan fingerprint density at radius 3 is 2.41 bits per heavy atom. The number of carboxylic acid groups (broad SMARTS) is 1. The van der Waals surface area contributed by atoms with Crippen molar-refractivity contribution in [1.82, 2.24) is 0 Å². The highest BCUT2D eigenvalue weighted by molar-refractivity contribution is 5.67. The first kappa shape index (κ1) is 20.6. The number of aryl methyl sites for hydroxylation is 2. The topological polar surface area (TPSA) is 65.0 Å². The van der Waals surface area contributed by atoms with Crippen molar-refractivity contribution in [2.75, 3.05) is 20.3 Å². The molecule has 0 atom stereocenters. The number of methoxy groups -OCH3 is 1. The van der Waals surface area contributed by atoms with Crippen molar-refractivity contribution in [3.05, 3.63) is 53.1 Å². The summed E-state index contributed by atoms with van der Waals surface area (Å²) in [4.78, 5) is 10.7. The Kier molecular flexibility index (Phi) is 7.53. The van der Waals surface area contributed by atoms with E-state index in [0.717, 1.165) is 11.3 Å². The van der Waals surface area contributed by atoms with Gasteiger partial charge in [-0.1, -0.05) is 26.0 Å². The highest BCUT2D eigenvalue weighted by atomic mass is 16.5. The van der Waals surface area contributed by atoms with Crippen LogP contribution in [0.1, 0.15) is 42.9 Å². The Bertz CT molecular complexity index is 767. The van der Waals surface area contributed by atoms with Gasteiger partial charge in [0.25, 0.3) is 0 Å². The molecule has 0 heterocycles. The van der Waals surface area contributed by atoms with E-state index in [9.17, 15) is 4.79 Å². The molecule has 2 aromatic rings. The Morgan fingerprint density at radius 2 is 1.78 bits per heavy atom. The summed E-state index contributed by atoms with van der Waals surface area (Å²) in [5.74, 6) is 1.70. The van der Waals surface area contributed by atoms with Gasteiger partial charge in [-0.25, -0.2) is 0 Å². The molecular weight excluding hydrogens is 344 g/mol. The molecule has 5 heteroatoms. The lowest BCUT2D eigenvalue weighted by atomic mass is 9.98. The third-order valence-electron chi connectivity index (χ3n) is 4.33. The number of ether oxygens (including phenoxy) is 3. The summed E-state index contributed by atoms with van der Waals surface area (Å²) in [6.45, 7) is 7.21. The maximum atomic E-state index is 10.7. The van der Waals surface area contributed by atoms with Crippen LogP contribution >= 0.6 is 0 Å². The minimum Gasteiger partial charge on any atom is -0.493 e. The first-order valence-electron chi connectivity index (χ1n) is 9.15. The van der Waals surface area contributed by atoms with Gasteiger partial charge in [-0.05, 0) is 60.2 Å². The average molecular weight is 372 g/mol. The summed E-state index contributed by atoms with van der Waals surface area (Å²) in [6.07, 6.45) is 0.536. The predicted octanol–water partition coefficient (Wildman–Crippen LogP) is 4.60. The van der Waals surface area contributed by atoms with E-state index in [0.29, 0.717) is 37.1 Å². The number of benzene rings is 2. The summed E-state index contributed by atoms with van der Waals surface area (Å²) in [7, 11) is 1.58. The van der Waals surface area contributed by atoms with Gasteiger partial charge >= 0.3 is 5.97 Å². The minimum atomic E-state index is -0.819. The smallest absolute Gasteiger partial charge is 0.303 e. The molecule has 1 N–H and O–H groups in total. The Morgan fingerprint density at radius 1 is 1.04 bits per heavy atom. The third-order valence-corrected chi connectivity index (χ3v) is 4.33. The first-order chi connectivity index (χ1) is 12.9. The highest BCUT2D eigenvalue weighted by Gasteiger charge is 2.08. The van der Waals surface area contributed by atoms with Crippen LogP contribution in [0.3, 0.4) is 0 Å². The van der Waals surface area contributed by atoms with Gasteiger partial charge < -0.3 is 19.3 Å². The first-order valence-corrected chi connectivity index (χ1v) is 9.15. The lowest BCUT2D eigenvalue weighted by molar-refractivity contribution is -0.136. The maximum absolute atomic E-state index is 10.7. The zero-order chi connectivity index (χ0) is 19.8. The molecule has 0 unspecified atom stereocenters. The summed E-state index contributed by atoms with van der Waals surface area (Å²) >= 11 is 0. The van der Waals surface area contributed by atoms with Gasteiger partial charge in [0.2, 0.25) is 0 Å². The zero-order valence-electron chi connectivity index (χ0n) is 16.5. The van der Waals surface area contributed by atoms with Crippen molar-refractivity contribution in [3.8, 4) is 17.2 Å². The van der Waals surface area contributed by atoms with E-state index in [4.69, 9.17) is 19.3 Å². The molecule has 0 aromatic heterocycles. The van der Waals surface area contributed by atoms with E-state index in [2.05, 4.69) is 26.8 Å². The molecule has 2 rings (SSSR count). The van der Waals surface area contributed by atoms with Gasteiger partial charge in [0.15, 0.2) is 11.5 Å². The molecule has 0 spiro atoms. The van der Waals surface area contributed by atoms with Gasteiger partial charge in [0.05, 0.1) is 7.11 Å². The molecule has 0 bridgehead atoms. The Labute approximate surface area is 160 Å². The number of carbonyl (C=O) groups is 1. The van der Waals surface area contributed by atoms with Gasteiger partial charge in [-0.2, -0.15) is 0 Å². The van der Waals surface area contributed by atoms with Crippen molar-refractivity contribution < 1.29 is 24.1 Å². The van der Waals surface area contributed by atoms with Gasteiger partial charge in [-0.3, -0.25) is 4.79 Å². The van der Waals surface area contributed by atoms with Gasteiger partial charge in [-0.15, -0.1) is 0 Å². The number of carboxylic acids is 1. The number of hydrogen-bond acceptors (Lipinski definition) is 4. The van der Waals surface area contributed by atoms with E-state index in [1.54, 1.807) is 13.2 Å². The van der Waals surface area contributed by atoms with Crippen molar-refractivity contribution >= 4 is 5.97 Å². The molecule has 5 nitrogen and oxygen atoms in total. The molecule has 146 valence electrons. The van der Waals surface area contributed by atoms with Crippen LogP contribution in [0.2, 0.25) is 0 Å². The molecule has 0 aliphatic carbocycles. The van der Waals surface area contributed by atoms with Crippen molar-refractivity contribution in [2.24, 2.45) is 0 Å². The van der Waals surface area contributed by atoms with Crippen LogP contribution in [0.15, 0.2) is 36.4 Å². The summed E-state index contributed by atoms with van der Waals surface area (Å²) in [5, 5.41) is 8.82. The minimum absolute atomic E-state index is 0.0839. The lowest BCUT2D eigenvalue weighted by Crippen LogP contribution is -2.10. The van der Waals surface area contributed by atoms with E-state index in [1.165, 1.54) is 11.1 Å². The van der Waals surface area contributed by atoms with Crippen molar-refractivity contribution in [3.63, 3.8) is 0 Å². The largest absolute Gasteiger partial charge is 0.493 e. The normalized spacial score (nSPS) is 10.7. The lowest BCUT2D eigenvalue weighted by Gasteiger charge is -2.14. The van der Waals surface area contributed by atoms with E-state index in [1.807, 2.05) is 24.3 Å². The van der Waals surface area contributed by atoms with Gasteiger partial charge in [0, 0.05) is 6.42 Å². The fourth-order valence-electron chi connectivity index (χ4n) is 2.94. The monoisotopic (exact) mass is 372 g/mol. The predicted molar refractivity (Wildman–Crippen MR) is 105 cm³/mol. The molecule has 0 fully saturated rings. The average Bonchev–Trinajstić information content (AvgIpc) is 2.63. The van der Waals surface area contributed by atoms with Crippen LogP contribution < -0.4 is 14.2 Å². The fraction of sp³-hybridized carbons (Fsp3) is 0.409. The number of aliphatic carboxylic acids is 1. The molecule has 27 heavy (non-hydrogen) atoms. The van der Waals surface area contributed by atoms with E-state index in [-0.39, 0.29) is 6.42 Å². The van der Waals surface area contributed by atoms with Gasteiger partial charge in [0.1, 0.15) is 19.0 Å². The summed E-state index contributed by atoms with van der Waals surface area (Å²) in [5.41, 5.74) is 3.44. The zero-order valence-corrected chi connectivity index (χ0v) is 16.5. The van der Waals surface area contributed by atoms with E-state index >= 15 is 0 Å². The molecule has 0 aliphatic heterocycles. The van der Waals surface area contributed by atoms with Crippen LogP contribution in [0, 0.1) is 6.92 Å². The third kappa shape index (κ3) is 6.20. The maximum Gasteiger partial charge on any atom is 0.303 e. The Balaban J connectivity index is 1.91. The van der Waals surface area contributed by atoms with Crippen LogP contribution in [0.4, 0.5) is 0 Å². The van der Waals surface area contributed by atoms with Crippen LogP contribution in [0.5, 0.6) is 17.2 Å². The second-order valence-corrected chi connectivity index (χ2v) is 6.75. The quantitative estimate of drug-likeness (QED) is 0.617. The second kappa shape index (κ2) is 9.86. The second-order valence-electron chi connectivity index (χ2n) is 6.75. The SMILES string of the molecule is COc1ccc(CCC(=O)O)cc1OCCOc1ccc(C(C)C)c(C)c1. The highest BCUT2D eigenvalue weighted by Crippen LogP contribution is 2.29. The molecule has 0 aliphatic rings. The molecule has 0 saturated heterocycles. The fourth-order valence-corrected chi connectivity index (χ4v) is 2.94. The Hall–Kier alpha value is -2.69. The number of rotatable bonds is 10. The van der Waals surface area contributed by atoms with Crippen molar-refractivity contribution in [2.45, 2.75) is 39.5 Å².